The Hall–Kier alpha value is -2.36. The molecular formula is C19H26N2O2. The summed E-state index contributed by atoms with van der Waals surface area (Å²) >= 11 is 0. The van der Waals surface area contributed by atoms with Crippen molar-refractivity contribution in [3.63, 3.8) is 0 Å². The zero-order chi connectivity index (χ0) is 16.7. The Kier molecular flexibility index (Phi) is 6.15. The van der Waals surface area contributed by atoms with Gasteiger partial charge in [0, 0.05) is 30.5 Å². The number of hydrogen-bond donors (Lipinski definition) is 1. The topological polar surface area (TPSA) is 47.7 Å². The molecule has 2 aromatic rings. The van der Waals surface area contributed by atoms with Gasteiger partial charge in [-0.1, -0.05) is 18.2 Å². The summed E-state index contributed by atoms with van der Waals surface area (Å²) in [6, 6.07) is 14.3. The minimum absolute atomic E-state index is 0.674. The Morgan fingerprint density at radius 1 is 1.00 bits per heavy atom. The highest BCUT2D eigenvalue weighted by Gasteiger charge is 2.10. The molecule has 4 nitrogen and oxygen atoms in total. The average molecular weight is 314 g/mol. The predicted octanol–water partition coefficient (Wildman–Crippen LogP) is 3.75. The number of rotatable bonds is 8. The van der Waals surface area contributed by atoms with Crippen molar-refractivity contribution in [1.82, 2.24) is 0 Å². The van der Waals surface area contributed by atoms with Crippen LogP contribution in [0.15, 0.2) is 42.5 Å². The molecule has 0 aliphatic heterocycles. The molecule has 0 unspecified atom stereocenters. The second-order valence-corrected chi connectivity index (χ2v) is 5.42. The molecule has 23 heavy (non-hydrogen) atoms. The van der Waals surface area contributed by atoms with E-state index in [1.54, 1.807) is 14.2 Å². The fourth-order valence-corrected chi connectivity index (χ4v) is 2.72. The maximum Gasteiger partial charge on any atom is 0.162 e. The van der Waals surface area contributed by atoms with Crippen molar-refractivity contribution in [2.24, 2.45) is 0 Å². The van der Waals surface area contributed by atoms with Gasteiger partial charge in [0.05, 0.1) is 14.2 Å². The number of benzene rings is 2. The molecule has 2 rings (SSSR count). The first-order chi connectivity index (χ1) is 11.2. The third kappa shape index (κ3) is 4.31. The molecule has 0 aliphatic rings. The van der Waals surface area contributed by atoms with Gasteiger partial charge in [0.1, 0.15) is 0 Å². The predicted molar refractivity (Wildman–Crippen MR) is 96.6 cm³/mol. The van der Waals surface area contributed by atoms with E-state index in [4.69, 9.17) is 15.2 Å². The highest BCUT2D eigenvalue weighted by atomic mass is 16.5. The summed E-state index contributed by atoms with van der Waals surface area (Å²) in [6.07, 6.45) is 1.94. The SMILES string of the molecule is CCN(CCCc1cc(OC)c(OC)cc1N)c1ccccc1. The quantitative estimate of drug-likeness (QED) is 0.754. The Morgan fingerprint density at radius 2 is 1.65 bits per heavy atom. The van der Waals surface area contributed by atoms with Crippen LogP contribution in [0.4, 0.5) is 11.4 Å². The molecular weight excluding hydrogens is 288 g/mol. The standard InChI is InChI=1S/C19H26N2O2/c1-4-21(16-10-6-5-7-11-16)12-8-9-15-13-18(22-2)19(23-3)14-17(15)20/h5-7,10-11,13-14H,4,8-9,12,20H2,1-3H3. The van der Waals surface area contributed by atoms with Gasteiger partial charge in [0.2, 0.25) is 0 Å². The Balaban J connectivity index is 2.00. The Labute approximate surface area is 138 Å². The van der Waals surface area contributed by atoms with Crippen LogP contribution < -0.4 is 20.1 Å². The molecule has 2 N–H and O–H groups in total. The van der Waals surface area contributed by atoms with Crippen molar-refractivity contribution in [3.05, 3.63) is 48.0 Å². The largest absolute Gasteiger partial charge is 0.493 e. The number of aryl methyl sites for hydroxylation is 1. The van der Waals surface area contributed by atoms with Gasteiger partial charge >= 0.3 is 0 Å². The van der Waals surface area contributed by atoms with Crippen LogP contribution in [0, 0.1) is 0 Å². The van der Waals surface area contributed by atoms with Gasteiger partial charge in [0.25, 0.3) is 0 Å². The number of nitrogens with two attached hydrogens (primary N) is 1. The van der Waals surface area contributed by atoms with Gasteiger partial charge in [-0.15, -0.1) is 0 Å². The normalized spacial score (nSPS) is 10.4. The third-order valence-electron chi connectivity index (χ3n) is 4.02. The van der Waals surface area contributed by atoms with Gasteiger partial charge in [-0.25, -0.2) is 0 Å². The zero-order valence-corrected chi connectivity index (χ0v) is 14.2. The summed E-state index contributed by atoms with van der Waals surface area (Å²) in [5, 5.41) is 0. The molecule has 2 aromatic carbocycles. The smallest absolute Gasteiger partial charge is 0.162 e. The molecule has 0 radical (unpaired) electrons. The Bertz CT molecular complexity index is 614. The van der Waals surface area contributed by atoms with Crippen molar-refractivity contribution in [1.29, 1.82) is 0 Å². The second-order valence-electron chi connectivity index (χ2n) is 5.42. The van der Waals surface area contributed by atoms with Crippen LogP contribution >= 0.6 is 0 Å². The average Bonchev–Trinajstić information content (AvgIpc) is 2.60. The maximum absolute atomic E-state index is 6.13. The number of anilines is 2. The zero-order valence-electron chi connectivity index (χ0n) is 14.2. The molecule has 0 bridgehead atoms. The lowest BCUT2D eigenvalue weighted by atomic mass is 10.1. The lowest BCUT2D eigenvalue weighted by Gasteiger charge is -2.23. The number of nitrogens with zero attached hydrogens (tertiary/aromatic N) is 1. The summed E-state index contributed by atoms with van der Waals surface area (Å²) in [6.45, 7) is 4.16. The van der Waals surface area contributed by atoms with E-state index < -0.39 is 0 Å². The third-order valence-corrected chi connectivity index (χ3v) is 4.02. The number of methoxy groups -OCH3 is 2. The summed E-state index contributed by atoms with van der Waals surface area (Å²) in [5.74, 6) is 1.40. The fraction of sp³-hybridized carbons (Fsp3) is 0.368. The van der Waals surface area contributed by atoms with E-state index in [2.05, 4.69) is 36.1 Å². The van der Waals surface area contributed by atoms with Crippen LogP contribution in [-0.4, -0.2) is 27.3 Å². The molecule has 0 aliphatic carbocycles. The summed E-state index contributed by atoms with van der Waals surface area (Å²) in [4.78, 5) is 2.37. The highest BCUT2D eigenvalue weighted by Crippen LogP contribution is 2.32. The lowest BCUT2D eigenvalue weighted by Crippen LogP contribution is -2.24. The van der Waals surface area contributed by atoms with Gasteiger partial charge < -0.3 is 20.1 Å². The molecule has 0 saturated carbocycles. The first kappa shape index (κ1) is 17.0. The van der Waals surface area contributed by atoms with E-state index in [-0.39, 0.29) is 0 Å². The van der Waals surface area contributed by atoms with E-state index in [0.717, 1.165) is 42.9 Å². The van der Waals surface area contributed by atoms with Crippen LogP contribution in [0.1, 0.15) is 18.9 Å². The monoisotopic (exact) mass is 314 g/mol. The van der Waals surface area contributed by atoms with Gasteiger partial charge in [0.15, 0.2) is 11.5 Å². The number of ether oxygens (including phenoxy) is 2. The van der Waals surface area contributed by atoms with Crippen LogP contribution in [0.2, 0.25) is 0 Å². The molecule has 0 spiro atoms. The van der Waals surface area contributed by atoms with Gasteiger partial charge in [-0.3, -0.25) is 0 Å². The van der Waals surface area contributed by atoms with Crippen molar-refractivity contribution < 1.29 is 9.47 Å². The van der Waals surface area contributed by atoms with Crippen LogP contribution in [0.5, 0.6) is 11.5 Å². The Morgan fingerprint density at radius 3 is 2.26 bits per heavy atom. The van der Waals surface area contributed by atoms with Crippen LogP contribution in [0.25, 0.3) is 0 Å². The molecule has 0 aromatic heterocycles. The van der Waals surface area contributed by atoms with Gasteiger partial charge in [-0.2, -0.15) is 0 Å². The fourth-order valence-electron chi connectivity index (χ4n) is 2.72. The van der Waals surface area contributed by atoms with E-state index >= 15 is 0 Å². The summed E-state index contributed by atoms with van der Waals surface area (Å²) < 4.78 is 10.6. The second kappa shape index (κ2) is 8.32. The first-order valence-electron chi connectivity index (χ1n) is 8.00. The molecule has 4 heteroatoms. The van der Waals surface area contributed by atoms with E-state index in [0.29, 0.717) is 5.75 Å². The van der Waals surface area contributed by atoms with Crippen molar-refractivity contribution >= 4 is 11.4 Å². The van der Waals surface area contributed by atoms with Crippen LogP contribution in [0.3, 0.4) is 0 Å². The minimum Gasteiger partial charge on any atom is -0.493 e. The molecule has 124 valence electrons. The summed E-state index contributed by atoms with van der Waals surface area (Å²) in [7, 11) is 3.27. The van der Waals surface area contributed by atoms with E-state index in [1.807, 2.05) is 18.2 Å². The molecule has 0 amide bonds. The molecule has 0 heterocycles. The summed E-state index contributed by atoms with van der Waals surface area (Å²) in [5.41, 5.74) is 9.25. The number of hydrogen-bond acceptors (Lipinski definition) is 4. The highest BCUT2D eigenvalue weighted by molar-refractivity contribution is 5.58. The van der Waals surface area contributed by atoms with Crippen molar-refractivity contribution in [2.75, 3.05) is 37.9 Å². The number of para-hydroxylation sites is 1. The van der Waals surface area contributed by atoms with Crippen molar-refractivity contribution in [3.8, 4) is 11.5 Å². The van der Waals surface area contributed by atoms with E-state index in [1.165, 1.54) is 5.69 Å². The molecule has 0 saturated heterocycles. The van der Waals surface area contributed by atoms with E-state index in [9.17, 15) is 0 Å². The lowest BCUT2D eigenvalue weighted by molar-refractivity contribution is 0.354. The molecule has 0 atom stereocenters. The molecule has 0 fully saturated rings. The maximum atomic E-state index is 6.13. The van der Waals surface area contributed by atoms with Gasteiger partial charge in [-0.05, 0) is 43.5 Å². The number of nitrogen functional groups attached to an aromatic ring is 1. The van der Waals surface area contributed by atoms with Crippen molar-refractivity contribution in [2.45, 2.75) is 19.8 Å². The first-order valence-corrected chi connectivity index (χ1v) is 8.00. The van der Waals surface area contributed by atoms with Crippen LogP contribution in [-0.2, 0) is 6.42 Å². The minimum atomic E-state index is 0.674.